The lowest BCUT2D eigenvalue weighted by molar-refractivity contribution is 0.0494. The van der Waals surface area contributed by atoms with Crippen LogP contribution in [0.25, 0.3) is 0 Å². The highest BCUT2D eigenvalue weighted by Crippen LogP contribution is 2.20. The van der Waals surface area contributed by atoms with Crippen molar-refractivity contribution in [3.8, 4) is 0 Å². The zero-order valence-corrected chi connectivity index (χ0v) is 10.3. The molecule has 5 heteroatoms. The van der Waals surface area contributed by atoms with E-state index in [-0.39, 0.29) is 5.69 Å². The van der Waals surface area contributed by atoms with Gasteiger partial charge >= 0.3 is 5.97 Å². The van der Waals surface area contributed by atoms with Crippen LogP contribution < -0.4 is 11.5 Å². The van der Waals surface area contributed by atoms with Crippen molar-refractivity contribution in [2.45, 2.75) is 6.42 Å². The van der Waals surface area contributed by atoms with Gasteiger partial charge in [0.15, 0.2) is 0 Å². The van der Waals surface area contributed by atoms with Crippen LogP contribution in [0, 0.1) is 0 Å². The van der Waals surface area contributed by atoms with E-state index in [9.17, 15) is 4.79 Å². The first-order valence-electron chi connectivity index (χ1n) is 5.48. The molecule has 0 spiro atoms. The number of nitrogens with zero attached hydrogens (tertiary/aromatic N) is 1. The lowest BCUT2D eigenvalue weighted by Gasteiger charge is -2.10. The summed E-state index contributed by atoms with van der Waals surface area (Å²) >= 11 is 0. The van der Waals surface area contributed by atoms with Gasteiger partial charge in [-0.2, -0.15) is 0 Å². The summed E-state index contributed by atoms with van der Waals surface area (Å²) in [6.45, 7) is 1.25. The number of anilines is 2. The zero-order valence-electron chi connectivity index (χ0n) is 10.3. The topological polar surface area (TPSA) is 81.6 Å². The lowest BCUT2D eigenvalue weighted by Crippen LogP contribution is -2.16. The molecule has 0 saturated carbocycles. The first-order chi connectivity index (χ1) is 8.02. The fourth-order valence-corrected chi connectivity index (χ4v) is 1.38. The fourth-order valence-electron chi connectivity index (χ4n) is 1.38. The van der Waals surface area contributed by atoms with Crippen LogP contribution in [0.15, 0.2) is 18.2 Å². The van der Waals surface area contributed by atoms with Gasteiger partial charge in [-0.3, -0.25) is 0 Å². The third-order valence-corrected chi connectivity index (χ3v) is 2.34. The number of benzene rings is 1. The van der Waals surface area contributed by atoms with Gasteiger partial charge in [-0.25, -0.2) is 4.79 Å². The molecule has 0 radical (unpaired) electrons. The molecule has 0 aliphatic heterocycles. The van der Waals surface area contributed by atoms with E-state index in [1.54, 1.807) is 18.2 Å². The molecule has 0 unspecified atom stereocenters. The molecular formula is C12H19N3O2. The van der Waals surface area contributed by atoms with E-state index in [0.29, 0.717) is 17.9 Å². The van der Waals surface area contributed by atoms with E-state index in [1.807, 2.05) is 19.0 Å². The van der Waals surface area contributed by atoms with Crippen LogP contribution in [0.2, 0.25) is 0 Å². The minimum atomic E-state index is -0.423. The van der Waals surface area contributed by atoms with Crippen LogP contribution in [0.3, 0.4) is 0 Å². The Balaban J connectivity index is 2.50. The van der Waals surface area contributed by atoms with Crippen LogP contribution in [-0.4, -0.2) is 38.1 Å². The van der Waals surface area contributed by atoms with Gasteiger partial charge in [0.1, 0.15) is 0 Å². The van der Waals surface area contributed by atoms with Gasteiger partial charge in [0.05, 0.1) is 23.5 Å². The summed E-state index contributed by atoms with van der Waals surface area (Å²) in [5, 5.41) is 0. The van der Waals surface area contributed by atoms with Gasteiger partial charge in [0.25, 0.3) is 0 Å². The Kier molecular flexibility index (Phi) is 4.78. The van der Waals surface area contributed by atoms with E-state index in [4.69, 9.17) is 16.2 Å². The molecule has 94 valence electrons. The standard InChI is InChI=1S/C12H19N3O2/c1-15(2)7-4-8-17-12(16)9-5-3-6-10(13)11(9)14/h3,5-6H,4,7-8,13-14H2,1-2H3. The highest BCUT2D eigenvalue weighted by Gasteiger charge is 2.12. The number of nitrogens with two attached hydrogens (primary N) is 2. The number of esters is 1. The number of hydrogen-bond donors (Lipinski definition) is 2. The Morgan fingerprint density at radius 2 is 2.06 bits per heavy atom. The first-order valence-corrected chi connectivity index (χ1v) is 5.48. The number of ether oxygens (including phenoxy) is 1. The van der Waals surface area contributed by atoms with Gasteiger partial charge in [-0.15, -0.1) is 0 Å². The Morgan fingerprint density at radius 3 is 2.71 bits per heavy atom. The first kappa shape index (κ1) is 13.3. The molecule has 0 aliphatic carbocycles. The lowest BCUT2D eigenvalue weighted by atomic mass is 10.1. The van der Waals surface area contributed by atoms with Crippen LogP contribution >= 0.6 is 0 Å². The van der Waals surface area contributed by atoms with Gasteiger partial charge in [0.2, 0.25) is 0 Å². The average Bonchev–Trinajstić information content (AvgIpc) is 2.27. The molecule has 0 bridgehead atoms. The molecule has 0 saturated heterocycles. The van der Waals surface area contributed by atoms with E-state index >= 15 is 0 Å². The Morgan fingerprint density at radius 1 is 1.35 bits per heavy atom. The highest BCUT2D eigenvalue weighted by atomic mass is 16.5. The fraction of sp³-hybridized carbons (Fsp3) is 0.417. The molecule has 1 aromatic carbocycles. The maximum Gasteiger partial charge on any atom is 0.340 e. The molecule has 0 aromatic heterocycles. The molecule has 0 heterocycles. The smallest absolute Gasteiger partial charge is 0.340 e. The quantitative estimate of drug-likeness (QED) is 0.453. The van der Waals surface area contributed by atoms with Crippen molar-refractivity contribution >= 4 is 17.3 Å². The molecule has 5 nitrogen and oxygen atoms in total. The predicted molar refractivity (Wildman–Crippen MR) is 68.7 cm³/mol. The monoisotopic (exact) mass is 237 g/mol. The molecule has 0 fully saturated rings. The van der Waals surface area contributed by atoms with Gasteiger partial charge in [-0.05, 0) is 32.6 Å². The van der Waals surface area contributed by atoms with Crippen LogP contribution in [0.1, 0.15) is 16.8 Å². The molecule has 0 amide bonds. The number of nitrogen functional groups attached to an aromatic ring is 2. The van der Waals surface area contributed by atoms with Crippen molar-refractivity contribution in [3.63, 3.8) is 0 Å². The van der Waals surface area contributed by atoms with Crippen molar-refractivity contribution in [2.24, 2.45) is 0 Å². The summed E-state index contributed by atoms with van der Waals surface area (Å²) in [5.74, 6) is -0.423. The minimum Gasteiger partial charge on any atom is -0.462 e. The van der Waals surface area contributed by atoms with Gasteiger partial charge in [0, 0.05) is 6.54 Å². The summed E-state index contributed by atoms with van der Waals surface area (Å²) in [6, 6.07) is 4.94. The second-order valence-electron chi connectivity index (χ2n) is 4.10. The van der Waals surface area contributed by atoms with Crippen LogP contribution in [0.4, 0.5) is 11.4 Å². The number of rotatable bonds is 5. The largest absolute Gasteiger partial charge is 0.462 e. The SMILES string of the molecule is CN(C)CCCOC(=O)c1cccc(N)c1N. The number of carbonyl (C=O) groups is 1. The number of para-hydroxylation sites is 1. The van der Waals surface area contributed by atoms with E-state index in [1.165, 1.54) is 0 Å². The summed E-state index contributed by atoms with van der Waals surface area (Å²) < 4.78 is 5.11. The van der Waals surface area contributed by atoms with Crippen molar-refractivity contribution in [1.29, 1.82) is 0 Å². The van der Waals surface area contributed by atoms with Gasteiger partial charge < -0.3 is 21.1 Å². The summed E-state index contributed by atoms with van der Waals surface area (Å²) in [6.07, 6.45) is 0.793. The van der Waals surface area contributed by atoms with Crippen molar-refractivity contribution < 1.29 is 9.53 Å². The molecule has 17 heavy (non-hydrogen) atoms. The number of carbonyl (C=O) groups excluding carboxylic acids is 1. The normalized spacial score (nSPS) is 10.5. The van der Waals surface area contributed by atoms with Gasteiger partial charge in [-0.1, -0.05) is 6.07 Å². The molecule has 4 N–H and O–H groups in total. The second kappa shape index (κ2) is 6.10. The summed E-state index contributed by atoms with van der Waals surface area (Å²) in [5.41, 5.74) is 12.3. The minimum absolute atomic E-state index is 0.283. The van der Waals surface area contributed by atoms with Crippen molar-refractivity contribution in [2.75, 3.05) is 38.7 Å². The van der Waals surface area contributed by atoms with Crippen molar-refractivity contribution in [3.05, 3.63) is 23.8 Å². The maximum absolute atomic E-state index is 11.7. The predicted octanol–water partition coefficient (Wildman–Crippen LogP) is 0.960. The van der Waals surface area contributed by atoms with E-state index in [2.05, 4.69) is 0 Å². The van der Waals surface area contributed by atoms with Crippen molar-refractivity contribution in [1.82, 2.24) is 4.90 Å². The highest BCUT2D eigenvalue weighted by molar-refractivity contribution is 5.97. The molecule has 0 atom stereocenters. The van der Waals surface area contributed by atoms with Crippen LogP contribution in [0.5, 0.6) is 0 Å². The maximum atomic E-state index is 11.7. The second-order valence-corrected chi connectivity index (χ2v) is 4.10. The Labute approximate surface area is 101 Å². The number of hydrogen-bond acceptors (Lipinski definition) is 5. The molecule has 1 aromatic rings. The van der Waals surface area contributed by atoms with Crippen LogP contribution in [-0.2, 0) is 4.74 Å². The van der Waals surface area contributed by atoms with E-state index in [0.717, 1.165) is 13.0 Å². The molecule has 1 rings (SSSR count). The Hall–Kier alpha value is -1.75. The zero-order chi connectivity index (χ0) is 12.8. The van der Waals surface area contributed by atoms with E-state index < -0.39 is 5.97 Å². The summed E-state index contributed by atoms with van der Waals surface area (Å²) in [4.78, 5) is 13.7. The summed E-state index contributed by atoms with van der Waals surface area (Å²) in [7, 11) is 3.94. The third-order valence-electron chi connectivity index (χ3n) is 2.34. The molecular weight excluding hydrogens is 218 g/mol. The molecule has 0 aliphatic rings. The average molecular weight is 237 g/mol. The Bertz CT molecular complexity index is 391. The third kappa shape index (κ3) is 3.96.